The lowest BCUT2D eigenvalue weighted by Crippen LogP contribution is -2.14. The quantitative estimate of drug-likeness (QED) is 0.280. The SMILES string of the molecule is Cc1ccc(-c2c3c4n(cc(-c5ccccc5)n4c2C(=S)Nc2ccccc2)CCCC3)cc1. The van der Waals surface area contributed by atoms with Crippen molar-refractivity contribution in [2.75, 3.05) is 5.32 Å². The van der Waals surface area contributed by atoms with Crippen molar-refractivity contribution < 1.29 is 0 Å². The van der Waals surface area contributed by atoms with E-state index in [4.69, 9.17) is 12.2 Å². The third-order valence-electron chi connectivity index (χ3n) is 6.77. The van der Waals surface area contributed by atoms with Crippen LogP contribution in [0.5, 0.6) is 0 Å². The molecular formula is C30H27N3S. The minimum Gasteiger partial charge on any atom is -0.345 e. The van der Waals surface area contributed by atoms with Crippen LogP contribution < -0.4 is 5.32 Å². The molecule has 0 saturated carbocycles. The summed E-state index contributed by atoms with van der Waals surface area (Å²) in [6, 6.07) is 29.8. The minimum atomic E-state index is 0.749. The van der Waals surface area contributed by atoms with Gasteiger partial charge in [-0.2, -0.15) is 0 Å². The number of nitrogens with zero attached hydrogens (tertiary/aromatic N) is 2. The lowest BCUT2D eigenvalue weighted by molar-refractivity contribution is 0.644. The van der Waals surface area contributed by atoms with Gasteiger partial charge < -0.3 is 9.88 Å². The fraction of sp³-hybridized carbons (Fsp3) is 0.167. The topological polar surface area (TPSA) is 21.4 Å². The summed E-state index contributed by atoms with van der Waals surface area (Å²) in [5.74, 6) is 0. The first-order valence-electron chi connectivity index (χ1n) is 12.0. The molecule has 1 N–H and O–H groups in total. The number of thiocarbonyl (C=S) groups is 1. The van der Waals surface area contributed by atoms with Crippen LogP contribution in [0.1, 0.15) is 29.7 Å². The van der Waals surface area contributed by atoms with E-state index < -0.39 is 0 Å². The van der Waals surface area contributed by atoms with E-state index in [0.717, 1.165) is 29.3 Å². The van der Waals surface area contributed by atoms with Crippen LogP contribution in [0.3, 0.4) is 0 Å². The van der Waals surface area contributed by atoms with Crippen LogP contribution in [0, 0.1) is 6.92 Å². The third kappa shape index (κ3) is 3.55. The Bertz CT molecular complexity index is 1480. The summed E-state index contributed by atoms with van der Waals surface area (Å²) >= 11 is 6.14. The zero-order chi connectivity index (χ0) is 23.1. The molecule has 0 atom stereocenters. The van der Waals surface area contributed by atoms with Crippen molar-refractivity contribution in [2.45, 2.75) is 32.7 Å². The van der Waals surface area contributed by atoms with E-state index >= 15 is 0 Å². The summed E-state index contributed by atoms with van der Waals surface area (Å²) < 4.78 is 4.85. The molecule has 0 saturated heterocycles. The first-order chi connectivity index (χ1) is 16.7. The van der Waals surface area contributed by atoms with E-state index in [9.17, 15) is 0 Å². The second-order valence-electron chi connectivity index (χ2n) is 9.08. The molecule has 0 bridgehead atoms. The summed E-state index contributed by atoms with van der Waals surface area (Å²) in [6.45, 7) is 3.16. The van der Waals surface area contributed by atoms with Gasteiger partial charge in [0.15, 0.2) is 0 Å². The summed E-state index contributed by atoms with van der Waals surface area (Å²) in [7, 11) is 0. The Morgan fingerprint density at radius 1 is 0.824 bits per heavy atom. The van der Waals surface area contributed by atoms with E-state index in [2.05, 4.69) is 94.1 Å². The molecule has 0 fully saturated rings. The van der Waals surface area contributed by atoms with Gasteiger partial charge in [0.2, 0.25) is 0 Å². The molecule has 0 aliphatic carbocycles. The summed E-state index contributed by atoms with van der Waals surface area (Å²) in [5.41, 5.74) is 10.9. The Morgan fingerprint density at radius 3 is 2.26 bits per heavy atom. The van der Waals surface area contributed by atoms with Gasteiger partial charge in [-0.1, -0.05) is 90.6 Å². The highest BCUT2D eigenvalue weighted by atomic mass is 32.1. The van der Waals surface area contributed by atoms with Crippen LogP contribution >= 0.6 is 12.2 Å². The lowest BCUT2D eigenvalue weighted by Gasteiger charge is -2.13. The van der Waals surface area contributed by atoms with Gasteiger partial charge in [0, 0.05) is 35.1 Å². The van der Waals surface area contributed by atoms with Crippen LogP contribution in [0.25, 0.3) is 28.0 Å². The fourth-order valence-electron chi connectivity index (χ4n) is 5.17. The van der Waals surface area contributed by atoms with Crippen LogP contribution in [0.2, 0.25) is 0 Å². The molecular weight excluding hydrogens is 434 g/mol. The number of aryl methyl sites for hydroxylation is 3. The Kier molecular flexibility index (Phi) is 5.31. The van der Waals surface area contributed by atoms with Gasteiger partial charge in [-0.25, -0.2) is 0 Å². The zero-order valence-corrected chi connectivity index (χ0v) is 20.1. The van der Waals surface area contributed by atoms with E-state index in [0.29, 0.717) is 0 Å². The van der Waals surface area contributed by atoms with E-state index in [-0.39, 0.29) is 0 Å². The zero-order valence-electron chi connectivity index (χ0n) is 19.3. The molecule has 0 amide bonds. The number of hydrogen-bond acceptors (Lipinski definition) is 1. The number of aromatic nitrogens is 2. The molecule has 34 heavy (non-hydrogen) atoms. The van der Waals surface area contributed by atoms with E-state index in [1.54, 1.807) is 0 Å². The summed E-state index contributed by atoms with van der Waals surface area (Å²) in [5, 5.41) is 3.53. The van der Waals surface area contributed by atoms with E-state index in [1.165, 1.54) is 52.0 Å². The molecule has 6 rings (SSSR count). The normalized spacial score (nSPS) is 13.1. The molecule has 1 aliphatic rings. The minimum absolute atomic E-state index is 0.749. The van der Waals surface area contributed by atoms with Crippen LogP contribution in [0.4, 0.5) is 5.69 Å². The molecule has 5 aromatic rings. The number of nitrogens with one attached hydrogen (secondary N) is 1. The molecule has 0 spiro atoms. The summed E-state index contributed by atoms with van der Waals surface area (Å²) in [4.78, 5) is 0.749. The van der Waals surface area contributed by atoms with Gasteiger partial charge in [0.05, 0.1) is 11.4 Å². The van der Waals surface area contributed by atoms with Gasteiger partial charge in [0.25, 0.3) is 0 Å². The number of para-hydroxylation sites is 1. The Labute approximate surface area is 205 Å². The van der Waals surface area contributed by atoms with Crippen LogP contribution in [0.15, 0.2) is 91.1 Å². The number of benzene rings is 3. The van der Waals surface area contributed by atoms with Crippen molar-refractivity contribution in [1.82, 2.24) is 8.97 Å². The average molecular weight is 462 g/mol. The molecule has 4 heteroatoms. The van der Waals surface area contributed by atoms with Crippen molar-refractivity contribution in [3.05, 3.63) is 108 Å². The average Bonchev–Trinajstić information content (AvgIpc) is 3.31. The molecule has 168 valence electrons. The first kappa shape index (κ1) is 20.9. The van der Waals surface area contributed by atoms with Gasteiger partial charge >= 0.3 is 0 Å². The van der Waals surface area contributed by atoms with Crippen molar-refractivity contribution in [2.24, 2.45) is 0 Å². The molecule has 3 aromatic carbocycles. The maximum atomic E-state index is 6.14. The third-order valence-corrected chi connectivity index (χ3v) is 7.06. The number of imidazole rings is 1. The van der Waals surface area contributed by atoms with Gasteiger partial charge in [-0.05, 0) is 43.9 Å². The Balaban J connectivity index is 1.67. The largest absolute Gasteiger partial charge is 0.345 e. The highest BCUT2D eigenvalue weighted by Crippen LogP contribution is 2.40. The lowest BCUT2D eigenvalue weighted by atomic mass is 9.97. The summed E-state index contributed by atoms with van der Waals surface area (Å²) in [6.07, 6.45) is 5.73. The predicted octanol–water partition coefficient (Wildman–Crippen LogP) is 7.51. The highest BCUT2D eigenvalue weighted by molar-refractivity contribution is 7.81. The Hall–Kier alpha value is -3.63. The second-order valence-corrected chi connectivity index (χ2v) is 9.49. The maximum absolute atomic E-state index is 6.14. The maximum Gasteiger partial charge on any atom is 0.128 e. The van der Waals surface area contributed by atoms with Crippen molar-refractivity contribution in [1.29, 1.82) is 0 Å². The predicted molar refractivity (Wildman–Crippen MR) is 146 cm³/mol. The first-order valence-corrected chi connectivity index (χ1v) is 12.4. The van der Waals surface area contributed by atoms with Gasteiger partial charge in [-0.3, -0.25) is 4.40 Å². The van der Waals surface area contributed by atoms with Gasteiger partial charge in [-0.15, -0.1) is 0 Å². The van der Waals surface area contributed by atoms with Crippen LogP contribution in [-0.2, 0) is 13.0 Å². The molecule has 2 aromatic heterocycles. The molecule has 1 aliphatic heterocycles. The highest BCUT2D eigenvalue weighted by Gasteiger charge is 2.28. The number of hydrogen-bond donors (Lipinski definition) is 1. The van der Waals surface area contributed by atoms with Crippen molar-refractivity contribution in [3.8, 4) is 22.4 Å². The van der Waals surface area contributed by atoms with Crippen LogP contribution in [-0.4, -0.2) is 14.0 Å². The Morgan fingerprint density at radius 2 is 1.53 bits per heavy atom. The molecule has 0 unspecified atom stereocenters. The molecule has 3 nitrogen and oxygen atoms in total. The van der Waals surface area contributed by atoms with E-state index in [1.807, 2.05) is 18.2 Å². The number of anilines is 1. The standard InChI is InChI=1S/C30H27N3S/c1-21-15-17-23(18-16-21)27-25-14-8-9-19-32-20-26(22-10-4-2-5-11-22)33(30(25)32)28(27)29(34)31-24-12-6-3-7-13-24/h2-7,10-13,15-18,20H,8-9,14,19H2,1H3,(H,31,34). The monoisotopic (exact) mass is 461 g/mol. The second kappa shape index (κ2) is 8.62. The van der Waals surface area contributed by atoms with Crippen molar-refractivity contribution >= 4 is 28.5 Å². The van der Waals surface area contributed by atoms with Crippen molar-refractivity contribution in [3.63, 3.8) is 0 Å². The molecule has 0 radical (unpaired) electrons. The fourth-order valence-corrected chi connectivity index (χ4v) is 5.48. The number of rotatable bonds is 4. The smallest absolute Gasteiger partial charge is 0.128 e. The van der Waals surface area contributed by atoms with Gasteiger partial charge in [0.1, 0.15) is 10.6 Å². The molecule has 3 heterocycles.